The van der Waals surface area contributed by atoms with E-state index in [9.17, 15) is 27.2 Å². The Hall–Kier alpha value is -1.54. The molecule has 2 saturated heterocycles. The van der Waals surface area contributed by atoms with Crippen LogP contribution in [0.25, 0.3) is 0 Å². The van der Waals surface area contributed by atoms with Crippen LogP contribution >= 0.6 is 0 Å². The normalized spacial score (nSPS) is 34.2. The van der Waals surface area contributed by atoms with Crippen LogP contribution in [0.1, 0.15) is 19.3 Å². The van der Waals surface area contributed by atoms with Crippen LogP contribution in [0.5, 0.6) is 0 Å². The number of alkyl halides is 4. The maximum Gasteiger partial charge on any atom is 0.471 e. The Morgan fingerprint density at radius 1 is 1.26 bits per heavy atom. The number of carboxylic acid groups (broad SMARTS) is 1. The molecule has 5 nitrogen and oxygen atoms in total. The molecule has 108 valence electrons. The lowest BCUT2D eigenvalue weighted by atomic mass is 9.95. The van der Waals surface area contributed by atoms with Gasteiger partial charge >= 0.3 is 18.2 Å². The van der Waals surface area contributed by atoms with Gasteiger partial charge in [0.25, 0.3) is 0 Å². The molecule has 2 fully saturated rings. The van der Waals surface area contributed by atoms with Gasteiger partial charge in [-0.05, 0) is 19.3 Å². The van der Waals surface area contributed by atoms with Crippen LogP contribution in [0.2, 0.25) is 0 Å². The minimum Gasteiger partial charge on any atom is -0.465 e. The molecular weight excluding hydrogens is 272 g/mol. The summed E-state index contributed by atoms with van der Waals surface area (Å²) in [4.78, 5) is 22.3. The van der Waals surface area contributed by atoms with E-state index in [1.807, 2.05) is 5.32 Å². The molecule has 0 radical (unpaired) electrons. The second-order valence-corrected chi connectivity index (χ2v) is 4.74. The Morgan fingerprint density at radius 3 is 2.42 bits per heavy atom. The zero-order valence-corrected chi connectivity index (χ0v) is 9.65. The van der Waals surface area contributed by atoms with E-state index >= 15 is 0 Å². The summed E-state index contributed by atoms with van der Waals surface area (Å²) in [7, 11) is 0. The van der Waals surface area contributed by atoms with Crippen LogP contribution in [0.4, 0.5) is 22.4 Å². The standard InChI is InChI=1S/C10H12F4N2O3/c11-7-5(15-9(18)19)3-4-1-2-6(7)16(4)8(17)10(12,13)14/h4-7,15H,1-3H2,(H,18,19)/t4-,5-,6+,7-/m0/s1. The number of hydrogen-bond acceptors (Lipinski definition) is 2. The van der Waals surface area contributed by atoms with E-state index in [0.717, 1.165) is 0 Å². The molecule has 4 atom stereocenters. The molecule has 2 heterocycles. The van der Waals surface area contributed by atoms with Gasteiger partial charge in [-0.25, -0.2) is 9.18 Å². The van der Waals surface area contributed by atoms with E-state index in [0.29, 0.717) is 4.90 Å². The number of amides is 2. The molecule has 2 bridgehead atoms. The highest BCUT2D eigenvalue weighted by Gasteiger charge is 2.55. The fraction of sp³-hybridized carbons (Fsp3) is 0.800. The molecule has 0 aliphatic carbocycles. The van der Waals surface area contributed by atoms with E-state index in [1.54, 1.807) is 0 Å². The van der Waals surface area contributed by atoms with Gasteiger partial charge in [0, 0.05) is 6.04 Å². The van der Waals surface area contributed by atoms with Gasteiger partial charge < -0.3 is 15.3 Å². The van der Waals surface area contributed by atoms with Crippen molar-refractivity contribution in [2.24, 2.45) is 0 Å². The van der Waals surface area contributed by atoms with E-state index < -0.39 is 42.5 Å². The monoisotopic (exact) mass is 284 g/mol. The number of carbonyl (C=O) groups excluding carboxylic acids is 1. The predicted octanol–water partition coefficient (Wildman–Crippen LogP) is 1.29. The number of nitrogens with one attached hydrogen (secondary N) is 1. The summed E-state index contributed by atoms with van der Waals surface area (Å²) in [6.45, 7) is 0. The van der Waals surface area contributed by atoms with Crippen LogP contribution < -0.4 is 5.32 Å². The van der Waals surface area contributed by atoms with Crippen LogP contribution in [0, 0.1) is 0 Å². The average Bonchev–Trinajstić information content (AvgIpc) is 2.60. The Bertz CT molecular complexity index is 401. The Morgan fingerprint density at radius 2 is 1.89 bits per heavy atom. The Balaban J connectivity index is 2.16. The first kappa shape index (κ1) is 13.9. The van der Waals surface area contributed by atoms with Gasteiger partial charge in [0.2, 0.25) is 0 Å². The van der Waals surface area contributed by atoms with Crippen LogP contribution in [-0.2, 0) is 4.79 Å². The highest BCUT2D eigenvalue weighted by Crippen LogP contribution is 2.39. The number of fused-ring (bicyclic) bond motifs is 2. The molecule has 0 aromatic rings. The molecule has 0 unspecified atom stereocenters. The van der Waals surface area contributed by atoms with Gasteiger partial charge in [-0.3, -0.25) is 4.79 Å². The molecular formula is C10H12F4N2O3. The minimum atomic E-state index is -5.03. The fourth-order valence-electron chi connectivity index (χ4n) is 2.91. The molecule has 2 aliphatic rings. The summed E-state index contributed by atoms with van der Waals surface area (Å²) in [6, 6.07) is -3.03. The van der Waals surface area contributed by atoms with Gasteiger partial charge in [-0.2, -0.15) is 13.2 Å². The zero-order chi connectivity index (χ0) is 14.4. The summed E-state index contributed by atoms with van der Waals surface area (Å²) in [6.07, 6.45) is -8.04. The van der Waals surface area contributed by atoms with Crippen molar-refractivity contribution < 1.29 is 32.3 Å². The number of nitrogens with zero attached hydrogens (tertiary/aromatic N) is 1. The maximum absolute atomic E-state index is 14.0. The maximum atomic E-state index is 14.0. The molecule has 19 heavy (non-hydrogen) atoms. The van der Waals surface area contributed by atoms with Gasteiger partial charge in [0.05, 0.1) is 12.1 Å². The van der Waals surface area contributed by atoms with Crippen molar-refractivity contribution in [3.8, 4) is 0 Å². The molecule has 0 spiro atoms. The van der Waals surface area contributed by atoms with Crippen LogP contribution in [-0.4, -0.2) is 52.5 Å². The molecule has 0 saturated carbocycles. The Labute approximate surface area is 105 Å². The molecule has 2 aliphatic heterocycles. The van der Waals surface area contributed by atoms with Crippen molar-refractivity contribution in [1.82, 2.24) is 10.2 Å². The first-order valence-electron chi connectivity index (χ1n) is 5.75. The third kappa shape index (κ3) is 2.45. The summed E-state index contributed by atoms with van der Waals surface area (Å²) in [5.74, 6) is -2.04. The topological polar surface area (TPSA) is 69.6 Å². The van der Waals surface area contributed by atoms with Crippen molar-refractivity contribution in [2.45, 2.75) is 49.7 Å². The van der Waals surface area contributed by atoms with Crippen molar-refractivity contribution in [2.75, 3.05) is 0 Å². The van der Waals surface area contributed by atoms with Crippen molar-refractivity contribution in [1.29, 1.82) is 0 Å². The van der Waals surface area contributed by atoms with Crippen molar-refractivity contribution >= 4 is 12.0 Å². The largest absolute Gasteiger partial charge is 0.471 e. The summed E-state index contributed by atoms with van der Waals surface area (Å²) >= 11 is 0. The van der Waals surface area contributed by atoms with E-state index in [1.165, 1.54) is 0 Å². The summed E-state index contributed by atoms with van der Waals surface area (Å²) in [5, 5.41) is 10.5. The molecule has 0 aromatic carbocycles. The minimum absolute atomic E-state index is 0.117. The first-order chi connectivity index (χ1) is 8.71. The third-order valence-corrected chi connectivity index (χ3v) is 3.61. The molecule has 2 N–H and O–H groups in total. The second-order valence-electron chi connectivity index (χ2n) is 4.74. The predicted molar refractivity (Wildman–Crippen MR) is 54.2 cm³/mol. The highest BCUT2D eigenvalue weighted by atomic mass is 19.4. The van der Waals surface area contributed by atoms with Gasteiger partial charge in [-0.15, -0.1) is 0 Å². The molecule has 9 heteroatoms. The zero-order valence-electron chi connectivity index (χ0n) is 9.65. The van der Waals surface area contributed by atoms with E-state index in [4.69, 9.17) is 5.11 Å². The number of hydrogen-bond donors (Lipinski definition) is 2. The van der Waals surface area contributed by atoms with Crippen molar-refractivity contribution in [3.63, 3.8) is 0 Å². The van der Waals surface area contributed by atoms with Gasteiger partial charge in [0.1, 0.15) is 6.17 Å². The smallest absolute Gasteiger partial charge is 0.465 e. The van der Waals surface area contributed by atoms with E-state index in [-0.39, 0.29) is 19.3 Å². The quantitative estimate of drug-likeness (QED) is 0.713. The SMILES string of the molecule is O=C(O)N[C@H]1C[C@@H]2CC[C@H]([C@H]1F)N2C(=O)C(F)(F)F. The molecule has 2 amide bonds. The number of halogens is 4. The van der Waals surface area contributed by atoms with Crippen LogP contribution in [0.3, 0.4) is 0 Å². The van der Waals surface area contributed by atoms with Gasteiger partial charge in [0.15, 0.2) is 0 Å². The number of carbonyl (C=O) groups is 2. The average molecular weight is 284 g/mol. The number of rotatable bonds is 1. The lowest BCUT2D eigenvalue weighted by Crippen LogP contribution is -2.61. The number of piperidine rings is 1. The molecule has 2 rings (SSSR count). The summed E-state index contributed by atoms with van der Waals surface area (Å²) in [5.41, 5.74) is 0. The Kier molecular flexibility index (Phi) is 3.31. The first-order valence-corrected chi connectivity index (χ1v) is 5.75. The second kappa shape index (κ2) is 4.53. The van der Waals surface area contributed by atoms with Gasteiger partial charge in [-0.1, -0.05) is 0 Å². The third-order valence-electron chi connectivity index (χ3n) is 3.61. The fourth-order valence-corrected chi connectivity index (χ4v) is 2.91. The highest BCUT2D eigenvalue weighted by molar-refractivity contribution is 5.83. The molecule has 0 aromatic heterocycles. The van der Waals surface area contributed by atoms with E-state index in [2.05, 4.69) is 0 Å². The van der Waals surface area contributed by atoms with Crippen LogP contribution in [0.15, 0.2) is 0 Å². The lowest BCUT2D eigenvalue weighted by molar-refractivity contribution is -0.192. The lowest BCUT2D eigenvalue weighted by Gasteiger charge is -2.41. The van der Waals surface area contributed by atoms with Crippen molar-refractivity contribution in [3.05, 3.63) is 0 Å². The summed E-state index contributed by atoms with van der Waals surface area (Å²) < 4.78 is 51.3.